The monoisotopic (exact) mass is 287 g/mol. The first-order valence-electron chi connectivity index (χ1n) is 4.85. The van der Waals surface area contributed by atoms with Gasteiger partial charge in [0.1, 0.15) is 0 Å². The summed E-state index contributed by atoms with van der Waals surface area (Å²) in [4.78, 5) is 12.7. The maximum Gasteiger partial charge on any atom is 0.335 e. The summed E-state index contributed by atoms with van der Waals surface area (Å²) in [6.45, 7) is 1.37. The standard InChI is InChI=1S/C11H14BrNO3/c1-13(4-5-14)7-9-3-2-8(11(15)16)6-10(9)12/h2-3,6,14H,4-5,7H2,1H3,(H,15,16). The Hall–Kier alpha value is -0.910. The van der Waals surface area contributed by atoms with Crippen LogP contribution in [-0.2, 0) is 6.54 Å². The highest BCUT2D eigenvalue weighted by molar-refractivity contribution is 9.10. The van der Waals surface area contributed by atoms with Crippen LogP contribution < -0.4 is 0 Å². The van der Waals surface area contributed by atoms with E-state index < -0.39 is 5.97 Å². The third-order valence-corrected chi connectivity index (χ3v) is 2.96. The summed E-state index contributed by atoms with van der Waals surface area (Å²) in [5.74, 6) is -0.934. The SMILES string of the molecule is CN(CCO)Cc1ccc(C(=O)O)cc1Br. The van der Waals surface area contributed by atoms with Crippen molar-refractivity contribution >= 4 is 21.9 Å². The molecule has 0 heterocycles. The molecule has 0 saturated heterocycles. The second kappa shape index (κ2) is 5.98. The zero-order valence-corrected chi connectivity index (χ0v) is 10.6. The van der Waals surface area contributed by atoms with Crippen LogP contribution in [0.3, 0.4) is 0 Å². The fourth-order valence-electron chi connectivity index (χ4n) is 1.35. The molecule has 0 saturated carbocycles. The lowest BCUT2D eigenvalue weighted by atomic mass is 10.1. The summed E-state index contributed by atoms with van der Waals surface area (Å²) in [5.41, 5.74) is 1.27. The van der Waals surface area contributed by atoms with E-state index in [1.54, 1.807) is 18.2 Å². The Balaban J connectivity index is 2.79. The molecular weight excluding hydrogens is 274 g/mol. The zero-order chi connectivity index (χ0) is 12.1. The van der Waals surface area contributed by atoms with Crippen molar-refractivity contribution in [2.75, 3.05) is 20.2 Å². The lowest BCUT2D eigenvalue weighted by Crippen LogP contribution is -2.21. The van der Waals surface area contributed by atoms with Crippen molar-refractivity contribution in [3.05, 3.63) is 33.8 Å². The molecule has 0 aliphatic carbocycles. The number of aromatic carboxylic acids is 1. The average molecular weight is 288 g/mol. The normalized spacial score (nSPS) is 10.8. The Morgan fingerprint density at radius 1 is 1.50 bits per heavy atom. The predicted octanol–water partition coefficient (Wildman–Crippen LogP) is 1.57. The molecule has 0 aliphatic heterocycles. The molecule has 0 fully saturated rings. The Kier molecular flexibility index (Phi) is 4.92. The maximum absolute atomic E-state index is 10.7. The maximum atomic E-state index is 10.7. The highest BCUT2D eigenvalue weighted by atomic mass is 79.9. The van der Waals surface area contributed by atoms with Crippen LogP contribution >= 0.6 is 15.9 Å². The van der Waals surface area contributed by atoms with Gasteiger partial charge in [-0.1, -0.05) is 22.0 Å². The van der Waals surface area contributed by atoms with Gasteiger partial charge in [-0.05, 0) is 24.7 Å². The molecule has 1 aromatic rings. The number of likely N-dealkylation sites (N-methyl/N-ethyl adjacent to an activating group) is 1. The molecule has 88 valence electrons. The number of hydrogen-bond donors (Lipinski definition) is 2. The van der Waals surface area contributed by atoms with E-state index >= 15 is 0 Å². The Labute approximate surface area is 103 Å². The van der Waals surface area contributed by atoms with Crippen molar-refractivity contribution in [1.82, 2.24) is 4.90 Å². The third-order valence-electron chi connectivity index (χ3n) is 2.22. The number of benzene rings is 1. The van der Waals surface area contributed by atoms with Gasteiger partial charge < -0.3 is 10.2 Å². The Morgan fingerprint density at radius 3 is 2.69 bits per heavy atom. The van der Waals surface area contributed by atoms with Gasteiger partial charge in [-0.3, -0.25) is 4.90 Å². The van der Waals surface area contributed by atoms with Crippen LogP contribution in [0.1, 0.15) is 15.9 Å². The summed E-state index contributed by atoms with van der Waals surface area (Å²) in [6.07, 6.45) is 0. The van der Waals surface area contributed by atoms with Crippen LogP contribution in [0.4, 0.5) is 0 Å². The molecule has 0 atom stereocenters. The summed E-state index contributed by atoms with van der Waals surface area (Å²) in [5, 5.41) is 17.6. The van der Waals surface area contributed by atoms with E-state index in [2.05, 4.69) is 15.9 Å². The van der Waals surface area contributed by atoms with Gasteiger partial charge in [0.05, 0.1) is 12.2 Å². The molecule has 4 nitrogen and oxygen atoms in total. The van der Waals surface area contributed by atoms with Gasteiger partial charge in [0, 0.05) is 17.6 Å². The van der Waals surface area contributed by atoms with Gasteiger partial charge in [-0.15, -0.1) is 0 Å². The Morgan fingerprint density at radius 2 is 2.19 bits per heavy atom. The van der Waals surface area contributed by atoms with Gasteiger partial charge in [0.2, 0.25) is 0 Å². The first kappa shape index (κ1) is 13.2. The molecular formula is C11H14BrNO3. The van der Waals surface area contributed by atoms with E-state index in [4.69, 9.17) is 10.2 Å². The summed E-state index contributed by atoms with van der Waals surface area (Å²) >= 11 is 3.34. The fraction of sp³-hybridized carbons (Fsp3) is 0.364. The van der Waals surface area contributed by atoms with Crippen molar-refractivity contribution < 1.29 is 15.0 Å². The van der Waals surface area contributed by atoms with Crippen molar-refractivity contribution in [2.24, 2.45) is 0 Å². The van der Waals surface area contributed by atoms with Crippen LogP contribution in [0.25, 0.3) is 0 Å². The van der Waals surface area contributed by atoms with Crippen LogP contribution in [-0.4, -0.2) is 41.3 Å². The quantitative estimate of drug-likeness (QED) is 0.863. The minimum atomic E-state index is -0.934. The molecule has 0 spiro atoms. The van der Waals surface area contributed by atoms with Crippen LogP contribution in [0, 0.1) is 0 Å². The van der Waals surface area contributed by atoms with E-state index in [0.717, 1.165) is 10.0 Å². The second-order valence-corrected chi connectivity index (χ2v) is 4.43. The minimum Gasteiger partial charge on any atom is -0.478 e. The van der Waals surface area contributed by atoms with Gasteiger partial charge in [-0.2, -0.15) is 0 Å². The number of rotatable bonds is 5. The number of hydrogen-bond acceptors (Lipinski definition) is 3. The van der Waals surface area contributed by atoms with Gasteiger partial charge in [0.15, 0.2) is 0 Å². The number of aliphatic hydroxyl groups is 1. The lowest BCUT2D eigenvalue weighted by Gasteiger charge is -2.16. The third kappa shape index (κ3) is 3.59. The van der Waals surface area contributed by atoms with Crippen LogP contribution in [0.5, 0.6) is 0 Å². The predicted molar refractivity (Wildman–Crippen MR) is 64.5 cm³/mol. The number of nitrogens with zero attached hydrogens (tertiary/aromatic N) is 1. The molecule has 0 unspecified atom stereocenters. The number of aliphatic hydroxyl groups excluding tert-OH is 1. The molecule has 16 heavy (non-hydrogen) atoms. The van der Waals surface area contributed by atoms with Crippen molar-refractivity contribution in [3.63, 3.8) is 0 Å². The molecule has 2 N–H and O–H groups in total. The number of carbonyl (C=O) groups is 1. The van der Waals surface area contributed by atoms with Crippen LogP contribution in [0.2, 0.25) is 0 Å². The Bertz CT molecular complexity index is 381. The largest absolute Gasteiger partial charge is 0.478 e. The highest BCUT2D eigenvalue weighted by Crippen LogP contribution is 2.20. The van der Waals surface area contributed by atoms with Gasteiger partial charge in [0.25, 0.3) is 0 Å². The van der Waals surface area contributed by atoms with Crippen molar-refractivity contribution in [3.8, 4) is 0 Å². The molecule has 0 radical (unpaired) electrons. The number of carboxylic acids is 1. The highest BCUT2D eigenvalue weighted by Gasteiger charge is 2.08. The van der Waals surface area contributed by atoms with Gasteiger partial charge >= 0.3 is 5.97 Å². The van der Waals surface area contributed by atoms with Crippen LogP contribution in [0.15, 0.2) is 22.7 Å². The summed E-state index contributed by atoms with van der Waals surface area (Å²) < 4.78 is 0.775. The summed E-state index contributed by atoms with van der Waals surface area (Å²) in [7, 11) is 1.90. The van der Waals surface area contributed by atoms with Crippen molar-refractivity contribution in [2.45, 2.75) is 6.54 Å². The average Bonchev–Trinajstić information content (AvgIpc) is 2.21. The molecule has 0 bridgehead atoms. The number of halogens is 1. The zero-order valence-electron chi connectivity index (χ0n) is 8.98. The van der Waals surface area contributed by atoms with E-state index in [9.17, 15) is 4.79 Å². The van der Waals surface area contributed by atoms with E-state index in [1.807, 2.05) is 11.9 Å². The van der Waals surface area contributed by atoms with E-state index in [1.165, 1.54) is 0 Å². The molecule has 1 aromatic carbocycles. The molecule has 5 heteroatoms. The van der Waals surface area contributed by atoms with E-state index in [-0.39, 0.29) is 12.2 Å². The number of carboxylic acid groups (broad SMARTS) is 1. The minimum absolute atomic E-state index is 0.112. The molecule has 1 rings (SSSR count). The lowest BCUT2D eigenvalue weighted by molar-refractivity contribution is 0.0697. The fourth-order valence-corrected chi connectivity index (χ4v) is 1.85. The molecule has 0 amide bonds. The summed E-state index contributed by atoms with van der Waals surface area (Å²) in [6, 6.07) is 4.95. The smallest absolute Gasteiger partial charge is 0.335 e. The van der Waals surface area contributed by atoms with E-state index in [0.29, 0.717) is 13.1 Å². The van der Waals surface area contributed by atoms with Crippen molar-refractivity contribution in [1.29, 1.82) is 0 Å². The first-order valence-corrected chi connectivity index (χ1v) is 5.65. The van der Waals surface area contributed by atoms with Gasteiger partial charge in [-0.25, -0.2) is 4.79 Å². The molecule has 0 aromatic heterocycles. The molecule has 0 aliphatic rings. The first-order chi connectivity index (χ1) is 7.54. The second-order valence-electron chi connectivity index (χ2n) is 3.57. The topological polar surface area (TPSA) is 60.8 Å².